The number of hydrogen-bond acceptors (Lipinski definition) is 3. The summed E-state index contributed by atoms with van der Waals surface area (Å²) in [6.07, 6.45) is 1.04. The maximum Gasteiger partial charge on any atom is 0.0398 e. The maximum atomic E-state index is 5.75. The van der Waals surface area contributed by atoms with Crippen molar-refractivity contribution in [3.63, 3.8) is 0 Å². The summed E-state index contributed by atoms with van der Waals surface area (Å²) in [5.41, 5.74) is 10.7. The first-order chi connectivity index (χ1) is 9.34. The van der Waals surface area contributed by atoms with E-state index in [1.165, 1.54) is 16.7 Å². The fraction of sp³-hybridized carbons (Fsp3) is 0.529. The lowest BCUT2D eigenvalue weighted by Gasteiger charge is -2.22. The lowest BCUT2D eigenvalue weighted by atomic mass is 10.0. The zero-order valence-corrected chi connectivity index (χ0v) is 13.3. The van der Waals surface area contributed by atoms with Gasteiger partial charge in [-0.25, -0.2) is 0 Å². The third-order valence-electron chi connectivity index (χ3n) is 3.13. The molecule has 0 bridgehead atoms. The first-order valence-electron chi connectivity index (χ1n) is 7.32. The van der Waals surface area contributed by atoms with Crippen molar-refractivity contribution in [3.8, 4) is 0 Å². The van der Waals surface area contributed by atoms with Gasteiger partial charge in [-0.1, -0.05) is 31.7 Å². The van der Waals surface area contributed by atoms with Crippen LogP contribution >= 0.6 is 0 Å². The molecule has 3 nitrogen and oxygen atoms in total. The third-order valence-corrected chi connectivity index (χ3v) is 3.13. The van der Waals surface area contributed by atoms with Crippen LogP contribution in [-0.4, -0.2) is 12.1 Å². The summed E-state index contributed by atoms with van der Waals surface area (Å²) in [4.78, 5) is 0. The number of aryl methyl sites for hydroxylation is 1. The quantitative estimate of drug-likeness (QED) is 0.717. The van der Waals surface area contributed by atoms with E-state index in [0.29, 0.717) is 6.54 Å². The van der Waals surface area contributed by atoms with Crippen LogP contribution in [0.3, 0.4) is 0 Å². The van der Waals surface area contributed by atoms with Crippen molar-refractivity contribution >= 4 is 0 Å². The molecule has 0 aliphatic carbocycles. The Morgan fingerprint density at radius 1 is 1.15 bits per heavy atom. The Morgan fingerprint density at radius 3 is 2.30 bits per heavy atom. The molecule has 0 heterocycles. The van der Waals surface area contributed by atoms with Gasteiger partial charge in [-0.05, 0) is 43.9 Å². The van der Waals surface area contributed by atoms with Gasteiger partial charge in [-0.3, -0.25) is 0 Å². The van der Waals surface area contributed by atoms with Crippen LogP contribution in [-0.2, 0) is 19.5 Å². The Labute approximate surface area is 123 Å². The highest BCUT2D eigenvalue weighted by Crippen LogP contribution is 2.11. The molecule has 1 rings (SSSR count). The molecule has 0 spiro atoms. The van der Waals surface area contributed by atoms with Crippen LogP contribution in [0.2, 0.25) is 0 Å². The lowest BCUT2D eigenvalue weighted by Crippen LogP contribution is -2.38. The van der Waals surface area contributed by atoms with Gasteiger partial charge >= 0.3 is 0 Å². The lowest BCUT2D eigenvalue weighted by molar-refractivity contribution is 0.438. The van der Waals surface area contributed by atoms with E-state index in [0.717, 1.165) is 25.2 Å². The normalized spacial score (nSPS) is 11.4. The Balaban J connectivity index is 2.54. The van der Waals surface area contributed by atoms with E-state index in [2.05, 4.69) is 63.1 Å². The predicted molar refractivity (Wildman–Crippen MR) is 87.4 cm³/mol. The van der Waals surface area contributed by atoms with Crippen molar-refractivity contribution < 1.29 is 0 Å². The highest BCUT2D eigenvalue weighted by molar-refractivity contribution is 5.30. The van der Waals surface area contributed by atoms with Crippen LogP contribution < -0.4 is 16.4 Å². The molecule has 1 aromatic carbocycles. The smallest absolute Gasteiger partial charge is 0.0398 e. The minimum atomic E-state index is 0.111. The zero-order chi connectivity index (χ0) is 15.2. The second-order valence-electron chi connectivity index (χ2n) is 6.28. The van der Waals surface area contributed by atoms with E-state index in [1.54, 1.807) is 0 Å². The van der Waals surface area contributed by atoms with E-state index in [-0.39, 0.29) is 5.54 Å². The molecule has 0 aliphatic heterocycles. The molecule has 0 unspecified atom stereocenters. The molecule has 0 amide bonds. The van der Waals surface area contributed by atoms with Gasteiger partial charge in [0.05, 0.1) is 0 Å². The first kappa shape index (κ1) is 16.7. The minimum absolute atomic E-state index is 0.111. The molecule has 112 valence electrons. The number of nitrogens with two attached hydrogens (primary N) is 1. The topological polar surface area (TPSA) is 50.1 Å². The molecule has 4 N–H and O–H groups in total. The molecule has 0 radical (unpaired) electrons. The Kier molecular flexibility index (Phi) is 6.24. The van der Waals surface area contributed by atoms with Gasteiger partial charge in [0.25, 0.3) is 0 Å². The fourth-order valence-electron chi connectivity index (χ4n) is 1.92. The Bertz CT molecular complexity index is 422. The molecule has 20 heavy (non-hydrogen) atoms. The summed E-state index contributed by atoms with van der Waals surface area (Å²) in [5, 5.41) is 6.80. The number of hydrogen-bond donors (Lipinski definition) is 3. The second-order valence-corrected chi connectivity index (χ2v) is 6.28. The first-order valence-corrected chi connectivity index (χ1v) is 7.32. The van der Waals surface area contributed by atoms with Crippen LogP contribution in [0.15, 0.2) is 30.5 Å². The molecule has 0 atom stereocenters. The monoisotopic (exact) mass is 275 g/mol. The van der Waals surface area contributed by atoms with Gasteiger partial charge < -0.3 is 16.4 Å². The number of benzene rings is 1. The zero-order valence-electron chi connectivity index (χ0n) is 13.3. The van der Waals surface area contributed by atoms with Crippen molar-refractivity contribution in [2.24, 2.45) is 5.73 Å². The molecule has 0 aliphatic rings. The molecule has 1 aromatic rings. The summed E-state index contributed by atoms with van der Waals surface area (Å²) < 4.78 is 0. The summed E-state index contributed by atoms with van der Waals surface area (Å²) in [6.45, 7) is 14.8. The van der Waals surface area contributed by atoms with Gasteiger partial charge in [0, 0.05) is 30.9 Å². The molecular formula is C17H29N3. The standard InChI is InChI=1S/C17H29N3/c1-6-14-7-15(10-18)9-16(8-14)12-19-13(2)11-20-17(3,4)5/h7-9,19-20H,2,6,10-12,18H2,1,3-5H3. The SMILES string of the molecule is C=C(CNC(C)(C)C)NCc1cc(CC)cc(CN)c1. The summed E-state index contributed by atoms with van der Waals surface area (Å²) in [7, 11) is 0. The average molecular weight is 275 g/mol. The minimum Gasteiger partial charge on any atom is -0.384 e. The largest absolute Gasteiger partial charge is 0.384 e. The Hall–Kier alpha value is -1.32. The molecule has 0 fully saturated rings. The average Bonchev–Trinajstić information content (AvgIpc) is 2.41. The predicted octanol–water partition coefficient (Wildman–Crippen LogP) is 2.70. The van der Waals surface area contributed by atoms with Crippen molar-refractivity contribution in [2.75, 3.05) is 6.54 Å². The van der Waals surface area contributed by atoms with Crippen LogP contribution in [0, 0.1) is 0 Å². The summed E-state index contributed by atoms with van der Waals surface area (Å²) >= 11 is 0. The van der Waals surface area contributed by atoms with Gasteiger partial charge in [-0.15, -0.1) is 0 Å². The van der Waals surface area contributed by atoms with E-state index in [4.69, 9.17) is 5.73 Å². The van der Waals surface area contributed by atoms with E-state index < -0.39 is 0 Å². The number of rotatable bonds is 7. The van der Waals surface area contributed by atoms with E-state index >= 15 is 0 Å². The van der Waals surface area contributed by atoms with Gasteiger partial charge in [0.1, 0.15) is 0 Å². The summed E-state index contributed by atoms with van der Waals surface area (Å²) in [6, 6.07) is 6.58. The van der Waals surface area contributed by atoms with Crippen LogP contribution in [0.25, 0.3) is 0 Å². The molecule has 0 saturated heterocycles. The molecular weight excluding hydrogens is 246 g/mol. The van der Waals surface area contributed by atoms with Crippen molar-refractivity contribution in [1.82, 2.24) is 10.6 Å². The highest BCUT2D eigenvalue weighted by Gasteiger charge is 2.08. The molecule has 3 heteroatoms. The fourth-order valence-corrected chi connectivity index (χ4v) is 1.92. The van der Waals surface area contributed by atoms with Crippen molar-refractivity contribution in [3.05, 3.63) is 47.2 Å². The second kappa shape index (κ2) is 7.46. The number of nitrogens with one attached hydrogen (secondary N) is 2. The molecule has 0 aromatic heterocycles. The maximum absolute atomic E-state index is 5.75. The summed E-state index contributed by atoms with van der Waals surface area (Å²) in [5.74, 6) is 0. The van der Waals surface area contributed by atoms with Gasteiger partial charge in [0.2, 0.25) is 0 Å². The highest BCUT2D eigenvalue weighted by atomic mass is 15.0. The van der Waals surface area contributed by atoms with E-state index in [9.17, 15) is 0 Å². The van der Waals surface area contributed by atoms with E-state index in [1.807, 2.05) is 0 Å². The van der Waals surface area contributed by atoms with Gasteiger partial charge in [0.15, 0.2) is 0 Å². The third kappa shape index (κ3) is 6.22. The van der Waals surface area contributed by atoms with Crippen LogP contribution in [0.4, 0.5) is 0 Å². The van der Waals surface area contributed by atoms with Crippen LogP contribution in [0.5, 0.6) is 0 Å². The van der Waals surface area contributed by atoms with Gasteiger partial charge in [-0.2, -0.15) is 0 Å². The van der Waals surface area contributed by atoms with Crippen molar-refractivity contribution in [1.29, 1.82) is 0 Å². The van der Waals surface area contributed by atoms with Crippen molar-refractivity contribution in [2.45, 2.75) is 52.7 Å². The molecule has 0 saturated carbocycles. The van der Waals surface area contributed by atoms with Crippen LogP contribution in [0.1, 0.15) is 44.4 Å². The Morgan fingerprint density at radius 2 is 1.75 bits per heavy atom.